The minimum atomic E-state index is -3.63. The quantitative estimate of drug-likeness (QED) is 0.748. The first-order chi connectivity index (χ1) is 12.9. The third-order valence-corrected chi connectivity index (χ3v) is 6.57. The maximum atomic E-state index is 13.0. The SMILES string of the molecule is O=C(Cc1ccc(F)cc1)N1CC2=C(C1)CN(S(=O)(=O)c1ccccn1)C2. The summed E-state index contributed by atoms with van der Waals surface area (Å²) in [5, 5.41) is 0.0374. The Hall–Kier alpha value is -2.58. The van der Waals surface area contributed by atoms with Crippen LogP contribution in [0, 0.1) is 5.82 Å². The third-order valence-electron chi connectivity index (χ3n) is 4.86. The molecule has 27 heavy (non-hydrogen) atoms. The topological polar surface area (TPSA) is 70.6 Å². The molecule has 0 radical (unpaired) electrons. The average Bonchev–Trinajstić information content (AvgIpc) is 3.24. The third kappa shape index (κ3) is 3.50. The van der Waals surface area contributed by atoms with Crippen molar-refractivity contribution in [3.8, 4) is 0 Å². The Labute approximate surface area is 157 Å². The van der Waals surface area contributed by atoms with Crippen molar-refractivity contribution in [1.82, 2.24) is 14.2 Å². The molecule has 0 aliphatic carbocycles. The maximum Gasteiger partial charge on any atom is 0.261 e. The summed E-state index contributed by atoms with van der Waals surface area (Å²) in [6.07, 6.45) is 1.66. The fraction of sp³-hybridized carbons (Fsp3) is 0.263. The smallest absolute Gasteiger partial charge is 0.261 e. The van der Waals surface area contributed by atoms with Gasteiger partial charge in [-0.1, -0.05) is 18.2 Å². The van der Waals surface area contributed by atoms with Crippen LogP contribution in [0.25, 0.3) is 0 Å². The highest BCUT2D eigenvalue weighted by atomic mass is 32.2. The van der Waals surface area contributed by atoms with Gasteiger partial charge >= 0.3 is 0 Å². The predicted molar refractivity (Wildman–Crippen MR) is 96.7 cm³/mol. The molecule has 1 aromatic heterocycles. The Kier molecular flexibility index (Phi) is 4.53. The van der Waals surface area contributed by atoms with Crippen LogP contribution in [-0.4, -0.2) is 54.7 Å². The first-order valence-corrected chi connectivity index (χ1v) is 10.0. The number of hydrogen-bond acceptors (Lipinski definition) is 4. The van der Waals surface area contributed by atoms with Crippen molar-refractivity contribution in [2.45, 2.75) is 11.4 Å². The van der Waals surface area contributed by atoms with Crippen molar-refractivity contribution < 1.29 is 17.6 Å². The molecule has 140 valence electrons. The zero-order valence-electron chi connectivity index (χ0n) is 14.5. The molecule has 0 bridgehead atoms. The molecule has 0 saturated carbocycles. The minimum absolute atomic E-state index is 0.0374. The van der Waals surface area contributed by atoms with E-state index in [1.165, 1.54) is 28.7 Å². The van der Waals surface area contributed by atoms with Gasteiger partial charge in [-0.15, -0.1) is 0 Å². The first kappa shape index (κ1) is 17.8. The summed E-state index contributed by atoms with van der Waals surface area (Å²) in [4.78, 5) is 18.2. The second-order valence-corrected chi connectivity index (χ2v) is 8.59. The van der Waals surface area contributed by atoms with Gasteiger partial charge in [0.25, 0.3) is 10.0 Å². The van der Waals surface area contributed by atoms with Crippen molar-refractivity contribution in [3.63, 3.8) is 0 Å². The monoisotopic (exact) mass is 387 g/mol. The highest BCUT2D eigenvalue weighted by Crippen LogP contribution is 2.29. The molecule has 2 aliphatic rings. The van der Waals surface area contributed by atoms with E-state index < -0.39 is 10.0 Å². The van der Waals surface area contributed by atoms with Crippen molar-refractivity contribution in [1.29, 1.82) is 0 Å². The van der Waals surface area contributed by atoms with E-state index in [0.29, 0.717) is 13.1 Å². The molecule has 0 atom stereocenters. The number of carbonyl (C=O) groups excluding carboxylic acids is 1. The minimum Gasteiger partial charge on any atom is -0.334 e. The van der Waals surface area contributed by atoms with Gasteiger partial charge in [0.2, 0.25) is 5.91 Å². The van der Waals surface area contributed by atoms with E-state index in [2.05, 4.69) is 4.98 Å². The van der Waals surface area contributed by atoms with Crippen molar-refractivity contribution in [3.05, 3.63) is 71.2 Å². The van der Waals surface area contributed by atoms with Gasteiger partial charge in [-0.25, -0.2) is 17.8 Å². The van der Waals surface area contributed by atoms with E-state index in [9.17, 15) is 17.6 Å². The zero-order valence-corrected chi connectivity index (χ0v) is 15.3. The summed E-state index contributed by atoms with van der Waals surface area (Å²) in [6.45, 7) is 1.44. The number of sulfonamides is 1. The number of carbonyl (C=O) groups is 1. The molecule has 1 aromatic carbocycles. The fourth-order valence-corrected chi connectivity index (χ4v) is 4.77. The van der Waals surface area contributed by atoms with E-state index in [4.69, 9.17) is 0 Å². The number of nitrogens with zero attached hydrogens (tertiary/aromatic N) is 3. The lowest BCUT2D eigenvalue weighted by molar-refractivity contribution is -0.129. The molecule has 0 fully saturated rings. The molecule has 2 aromatic rings. The molecule has 6 nitrogen and oxygen atoms in total. The van der Waals surface area contributed by atoms with Gasteiger partial charge in [0.1, 0.15) is 5.82 Å². The number of aromatic nitrogens is 1. The van der Waals surface area contributed by atoms with Gasteiger partial charge in [0, 0.05) is 32.4 Å². The van der Waals surface area contributed by atoms with Crippen LogP contribution < -0.4 is 0 Å². The summed E-state index contributed by atoms with van der Waals surface area (Å²) in [5.74, 6) is -0.377. The van der Waals surface area contributed by atoms with Gasteiger partial charge in [-0.05, 0) is 41.0 Å². The van der Waals surface area contributed by atoms with Crippen LogP contribution >= 0.6 is 0 Å². The van der Waals surface area contributed by atoms with E-state index >= 15 is 0 Å². The molecular formula is C19H18FN3O3S. The number of amides is 1. The molecule has 3 heterocycles. The fourth-order valence-electron chi connectivity index (χ4n) is 3.41. The van der Waals surface area contributed by atoms with Crippen molar-refractivity contribution in [2.24, 2.45) is 0 Å². The molecule has 0 N–H and O–H groups in total. The molecular weight excluding hydrogens is 369 g/mol. The van der Waals surface area contributed by atoms with E-state index in [0.717, 1.165) is 16.7 Å². The summed E-state index contributed by atoms with van der Waals surface area (Å²) in [5.41, 5.74) is 2.71. The summed E-state index contributed by atoms with van der Waals surface area (Å²) in [7, 11) is -3.63. The second-order valence-electron chi connectivity index (χ2n) is 6.70. The Morgan fingerprint density at radius 2 is 1.67 bits per heavy atom. The molecule has 2 aliphatic heterocycles. The van der Waals surface area contributed by atoms with Crippen LogP contribution in [-0.2, 0) is 21.2 Å². The van der Waals surface area contributed by atoms with Crippen molar-refractivity contribution >= 4 is 15.9 Å². The van der Waals surface area contributed by atoms with E-state index in [1.54, 1.807) is 29.2 Å². The number of halogens is 1. The van der Waals surface area contributed by atoms with Crippen LogP contribution in [0.5, 0.6) is 0 Å². The molecule has 0 spiro atoms. The number of rotatable bonds is 4. The maximum absolute atomic E-state index is 13.0. The van der Waals surface area contributed by atoms with Crippen LogP contribution in [0.2, 0.25) is 0 Å². The van der Waals surface area contributed by atoms with Gasteiger partial charge in [-0.2, -0.15) is 4.31 Å². The average molecular weight is 387 g/mol. The zero-order chi connectivity index (χ0) is 19.0. The second kappa shape index (κ2) is 6.86. The standard InChI is InChI=1S/C19H18FN3O3S/c20-17-6-4-14(5-7-17)9-19(24)22-10-15-12-23(13-16(15)11-22)27(25,26)18-3-1-2-8-21-18/h1-8H,9-13H2. The van der Waals surface area contributed by atoms with Gasteiger partial charge < -0.3 is 4.90 Å². The van der Waals surface area contributed by atoms with Gasteiger partial charge in [0.15, 0.2) is 5.03 Å². The Balaban J connectivity index is 1.38. The Bertz CT molecular complexity index is 986. The number of hydrogen-bond donors (Lipinski definition) is 0. The van der Waals surface area contributed by atoms with Crippen LogP contribution in [0.1, 0.15) is 5.56 Å². The van der Waals surface area contributed by atoms with Crippen LogP contribution in [0.15, 0.2) is 64.8 Å². The lowest BCUT2D eigenvalue weighted by atomic mass is 10.1. The summed E-state index contributed by atoms with van der Waals surface area (Å²) >= 11 is 0. The number of pyridine rings is 1. The Morgan fingerprint density at radius 3 is 2.26 bits per heavy atom. The number of benzene rings is 1. The predicted octanol–water partition coefficient (Wildman–Crippen LogP) is 1.61. The normalized spacial score (nSPS) is 17.4. The highest BCUT2D eigenvalue weighted by Gasteiger charge is 2.37. The van der Waals surface area contributed by atoms with Crippen molar-refractivity contribution in [2.75, 3.05) is 26.2 Å². The van der Waals surface area contributed by atoms with E-state index in [-0.39, 0.29) is 36.3 Å². The lowest BCUT2D eigenvalue weighted by Crippen LogP contribution is -2.37. The van der Waals surface area contributed by atoms with Crippen LogP contribution in [0.4, 0.5) is 4.39 Å². The molecule has 8 heteroatoms. The summed E-state index contributed by atoms with van der Waals surface area (Å²) in [6, 6.07) is 10.7. The largest absolute Gasteiger partial charge is 0.334 e. The van der Waals surface area contributed by atoms with Gasteiger partial charge in [0.05, 0.1) is 6.42 Å². The van der Waals surface area contributed by atoms with E-state index in [1.807, 2.05) is 0 Å². The first-order valence-electron chi connectivity index (χ1n) is 8.56. The molecule has 4 rings (SSSR count). The Morgan fingerprint density at radius 1 is 1.00 bits per heavy atom. The molecule has 0 saturated heterocycles. The molecule has 1 amide bonds. The lowest BCUT2D eigenvalue weighted by Gasteiger charge is -2.22. The van der Waals surface area contributed by atoms with Gasteiger partial charge in [-0.3, -0.25) is 4.79 Å². The summed E-state index contributed by atoms with van der Waals surface area (Å²) < 4.78 is 39.7. The molecule has 0 unspecified atom stereocenters. The highest BCUT2D eigenvalue weighted by molar-refractivity contribution is 7.89. The van der Waals surface area contributed by atoms with Crippen LogP contribution in [0.3, 0.4) is 0 Å².